The van der Waals surface area contributed by atoms with Gasteiger partial charge in [-0.25, -0.2) is 13.2 Å². The SMILES string of the molecule is O=Cc1ccc(OCc2c(F)cccc2Cl)cc1C(F)F. The normalized spacial score (nSPS) is 10.7. The first-order chi connectivity index (χ1) is 10.0. The molecule has 2 aromatic carbocycles. The van der Waals surface area contributed by atoms with Crippen LogP contribution in [0.2, 0.25) is 5.02 Å². The van der Waals surface area contributed by atoms with Crippen LogP contribution < -0.4 is 4.74 Å². The van der Waals surface area contributed by atoms with Gasteiger partial charge in [0.25, 0.3) is 6.43 Å². The first-order valence-electron chi connectivity index (χ1n) is 5.96. The molecule has 0 atom stereocenters. The number of rotatable bonds is 5. The molecule has 0 radical (unpaired) electrons. The number of aldehydes is 1. The number of carbonyl (C=O) groups is 1. The van der Waals surface area contributed by atoms with Crippen LogP contribution >= 0.6 is 11.6 Å². The fourth-order valence-corrected chi connectivity index (χ4v) is 1.98. The molecule has 110 valence electrons. The lowest BCUT2D eigenvalue weighted by atomic mass is 10.1. The van der Waals surface area contributed by atoms with Gasteiger partial charge in [-0.15, -0.1) is 0 Å². The summed E-state index contributed by atoms with van der Waals surface area (Å²) in [7, 11) is 0. The molecule has 0 unspecified atom stereocenters. The highest BCUT2D eigenvalue weighted by Gasteiger charge is 2.14. The molecular formula is C15H10ClF3O2. The Morgan fingerprint density at radius 2 is 2.00 bits per heavy atom. The maximum atomic E-state index is 13.5. The number of alkyl halides is 2. The quantitative estimate of drug-likeness (QED) is 0.740. The summed E-state index contributed by atoms with van der Waals surface area (Å²) < 4.78 is 44.4. The lowest BCUT2D eigenvalue weighted by Crippen LogP contribution is -2.01. The molecule has 0 aliphatic carbocycles. The monoisotopic (exact) mass is 314 g/mol. The van der Waals surface area contributed by atoms with Crippen LogP contribution in [-0.4, -0.2) is 6.29 Å². The van der Waals surface area contributed by atoms with Crippen molar-refractivity contribution >= 4 is 17.9 Å². The maximum Gasteiger partial charge on any atom is 0.264 e. The van der Waals surface area contributed by atoms with Crippen molar-refractivity contribution in [1.82, 2.24) is 0 Å². The molecule has 2 rings (SSSR count). The van der Waals surface area contributed by atoms with E-state index in [4.69, 9.17) is 16.3 Å². The lowest BCUT2D eigenvalue weighted by molar-refractivity contribution is 0.110. The second-order valence-corrected chi connectivity index (χ2v) is 4.61. The van der Waals surface area contributed by atoms with Gasteiger partial charge in [-0.05, 0) is 30.3 Å². The van der Waals surface area contributed by atoms with Crippen LogP contribution in [0.4, 0.5) is 13.2 Å². The molecular weight excluding hydrogens is 305 g/mol. The average molecular weight is 315 g/mol. The molecule has 0 aromatic heterocycles. The van der Waals surface area contributed by atoms with Crippen molar-refractivity contribution in [2.45, 2.75) is 13.0 Å². The summed E-state index contributed by atoms with van der Waals surface area (Å²) in [6, 6.07) is 7.84. The van der Waals surface area contributed by atoms with E-state index in [-0.39, 0.29) is 28.5 Å². The highest BCUT2D eigenvalue weighted by Crippen LogP contribution is 2.27. The zero-order valence-corrected chi connectivity index (χ0v) is 11.4. The predicted octanol–water partition coefficient (Wildman–Crippen LogP) is 4.81. The van der Waals surface area contributed by atoms with Gasteiger partial charge in [-0.1, -0.05) is 17.7 Å². The van der Waals surface area contributed by atoms with Gasteiger partial charge in [0, 0.05) is 16.7 Å². The second-order valence-electron chi connectivity index (χ2n) is 4.20. The van der Waals surface area contributed by atoms with Crippen LogP contribution in [0.3, 0.4) is 0 Å². The third kappa shape index (κ3) is 3.55. The first kappa shape index (κ1) is 15.4. The van der Waals surface area contributed by atoms with E-state index in [0.29, 0.717) is 6.29 Å². The van der Waals surface area contributed by atoms with Gasteiger partial charge in [-0.3, -0.25) is 4.79 Å². The Morgan fingerprint density at radius 3 is 2.62 bits per heavy atom. The van der Waals surface area contributed by atoms with Crippen molar-refractivity contribution < 1.29 is 22.7 Å². The smallest absolute Gasteiger partial charge is 0.264 e. The van der Waals surface area contributed by atoms with Crippen molar-refractivity contribution in [3.05, 3.63) is 63.9 Å². The number of carbonyl (C=O) groups excluding carboxylic acids is 1. The van der Waals surface area contributed by atoms with E-state index in [1.807, 2.05) is 0 Å². The topological polar surface area (TPSA) is 26.3 Å². The summed E-state index contributed by atoms with van der Waals surface area (Å²) in [5.74, 6) is -0.434. The van der Waals surface area contributed by atoms with Gasteiger partial charge >= 0.3 is 0 Å². The van der Waals surface area contributed by atoms with E-state index < -0.39 is 17.8 Å². The Balaban J connectivity index is 2.21. The molecule has 0 aliphatic rings. The third-order valence-electron chi connectivity index (χ3n) is 2.87. The van der Waals surface area contributed by atoms with Gasteiger partial charge in [0.05, 0.1) is 5.02 Å². The number of ether oxygens (including phenoxy) is 1. The molecule has 6 heteroatoms. The lowest BCUT2D eigenvalue weighted by Gasteiger charge is -2.11. The molecule has 0 aliphatic heterocycles. The van der Waals surface area contributed by atoms with Gasteiger partial charge in [0.1, 0.15) is 18.2 Å². The third-order valence-corrected chi connectivity index (χ3v) is 3.22. The van der Waals surface area contributed by atoms with Gasteiger partial charge in [-0.2, -0.15) is 0 Å². The minimum Gasteiger partial charge on any atom is -0.489 e. The van der Waals surface area contributed by atoms with Crippen molar-refractivity contribution in [3.63, 3.8) is 0 Å². The predicted molar refractivity (Wildman–Crippen MR) is 72.5 cm³/mol. The van der Waals surface area contributed by atoms with Crippen LogP contribution in [0.5, 0.6) is 5.75 Å². The average Bonchev–Trinajstić information content (AvgIpc) is 2.46. The molecule has 21 heavy (non-hydrogen) atoms. The molecule has 0 saturated heterocycles. The standard InChI is InChI=1S/C15H10ClF3O2/c16-13-2-1-3-14(17)12(13)8-21-10-5-4-9(7-20)11(6-10)15(18)19/h1-7,15H,8H2. The summed E-state index contributed by atoms with van der Waals surface area (Å²) in [5.41, 5.74) is -0.402. The van der Waals surface area contributed by atoms with E-state index in [9.17, 15) is 18.0 Å². The Kier molecular flexibility index (Phi) is 4.85. The van der Waals surface area contributed by atoms with Gasteiger partial charge in [0.2, 0.25) is 0 Å². The summed E-state index contributed by atoms with van der Waals surface area (Å²) in [5, 5.41) is 0.189. The Bertz CT molecular complexity index is 639. The molecule has 0 fully saturated rings. The molecule has 0 bridgehead atoms. The number of hydrogen-bond acceptors (Lipinski definition) is 2. The van der Waals surface area contributed by atoms with Gasteiger partial charge < -0.3 is 4.74 Å². The van der Waals surface area contributed by atoms with Gasteiger partial charge in [0.15, 0.2) is 6.29 Å². The minimum atomic E-state index is -2.80. The largest absolute Gasteiger partial charge is 0.489 e. The van der Waals surface area contributed by atoms with E-state index >= 15 is 0 Å². The molecule has 0 spiro atoms. The Hall–Kier alpha value is -2.01. The number of benzene rings is 2. The Morgan fingerprint density at radius 1 is 1.24 bits per heavy atom. The van der Waals surface area contributed by atoms with Crippen LogP contribution in [0.1, 0.15) is 27.9 Å². The van der Waals surface area contributed by atoms with Crippen molar-refractivity contribution in [1.29, 1.82) is 0 Å². The fourth-order valence-electron chi connectivity index (χ4n) is 1.76. The van der Waals surface area contributed by atoms with E-state index in [0.717, 1.165) is 6.07 Å². The summed E-state index contributed by atoms with van der Waals surface area (Å²) in [4.78, 5) is 10.7. The Labute approximate surface area is 124 Å². The first-order valence-corrected chi connectivity index (χ1v) is 6.33. The van der Waals surface area contributed by atoms with E-state index in [2.05, 4.69) is 0 Å². The molecule has 0 heterocycles. The van der Waals surface area contributed by atoms with Crippen LogP contribution in [-0.2, 0) is 6.61 Å². The zero-order valence-electron chi connectivity index (χ0n) is 10.7. The van der Waals surface area contributed by atoms with Crippen LogP contribution in [0, 0.1) is 5.82 Å². The highest BCUT2D eigenvalue weighted by atomic mass is 35.5. The summed E-state index contributed by atoms with van der Waals surface area (Å²) in [6.07, 6.45) is -2.45. The molecule has 2 nitrogen and oxygen atoms in total. The van der Waals surface area contributed by atoms with Crippen LogP contribution in [0.15, 0.2) is 36.4 Å². The van der Waals surface area contributed by atoms with Crippen molar-refractivity contribution in [3.8, 4) is 5.75 Å². The highest BCUT2D eigenvalue weighted by molar-refractivity contribution is 6.31. The molecule has 2 aromatic rings. The molecule has 0 N–H and O–H groups in total. The summed E-state index contributed by atoms with van der Waals surface area (Å²) in [6.45, 7) is -0.200. The minimum absolute atomic E-state index is 0.107. The van der Waals surface area contributed by atoms with E-state index in [1.165, 1.54) is 30.3 Å². The number of halogens is 4. The number of hydrogen-bond donors (Lipinski definition) is 0. The van der Waals surface area contributed by atoms with Crippen molar-refractivity contribution in [2.75, 3.05) is 0 Å². The molecule has 0 saturated carbocycles. The maximum absolute atomic E-state index is 13.5. The summed E-state index contributed by atoms with van der Waals surface area (Å²) >= 11 is 5.84. The zero-order chi connectivity index (χ0) is 15.4. The van der Waals surface area contributed by atoms with Crippen LogP contribution in [0.25, 0.3) is 0 Å². The molecule has 0 amide bonds. The van der Waals surface area contributed by atoms with Crippen molar-refractivity contribution in [2.24, 2.45) is 0 Å². The second kappa shape index (κ2) is 6.63. The van der Waals surface area contributed by atoms with E-state index in [1.54, 1.807) is 0 Å². The fraction of sp³-hybridized carbons (Fsp3) is 0.133.